The average Bonchev–Trinajstić information content (AvgIpc) is 2.81. The maximum atomic E-state index is 11.5. The second-order valence-corrected chi connectivity index (χ2v) is 4.31. The van der Waals surface area contributed by atoms with Gasteiger partial charge in [-0.05, 0) is 12.8 Å². The summed E-state index contributed by atoms with van der Waals surface area (Å²) in [6.07, 6.45) is 6.87. The van der Waals surface area contributed by atoms with E-state index in [9.17, 15) is 9.59 Å². The third kappa shape index (κ3) is 4.20. The van der Waals surface area contributed by atoms with Gasteiger partial charge in [0.1, 0.15) is 0 Å². The van der Waals surface area contributed by atoms with Gasteiger partial charge in [0.2, 0.25) is 5.91 Å². The Balaban J connectivity index is 1.60. The van der Waals surface area contributed by atoms with Crippen molar-refractivity contribution >= 4 is 17.8 Å². The molecule has 1 aromatic rings. The molecule has 0 saturated carbocycles. The number of hydrogen-bond donors (Lipinski definition) is 2. The van der Waals surface area contributed by atoms with Crippen LogP contribution < -0.4 is 10.6 Å². The third-order valence-corrected chi connectivity index (χ3v) is 2.87. The first-order valence-corrected chi connectivity index (χ1v) is 6.34. The predicted octanol–water partition coefficient (Wildman–Crippen LogP) is 0.611. The van der Waals surface area contributed by atoms with Crippen molar-refractivity contribution in [2.24, 2.45) is 0 Å². The normalized spacial score (nSPS) is 14.5. The number of hydrogen-bond acceptors (Lipinski definition) is 4. The monoisotopic (exact) mass is 263 g/mol. The number of anilines is 1. The molecular formula is C12H17N5O2. The van der Waals surface area contributed by atoms with Crippen molar-refractivity contribution < 1.29 is 9.59 Å². The van der Waals surface area contributed by atoms with E-state index < -0.39 is 0 Å². The lowest BCUT2D eigenvalue weighted by atomic mass is 10.4. The smallest absolute Gasteiger partial charge is 0.320 e. The van der Waals surface area contributed by atoms with Gasteiger partial charge in [-0.25, -0.2) is 9.78 Å². The lowest BCUT2D eigenvalue weighted by molar-refractivity contribution is -0.127. The first kappa shape index (κ1) is 13.3. The van der Waals surface area contributed by atoms with Crippen LogP contribution in [0.4, 0.5) is 10.6 Å². The first-order valence-electron chi connectivity index (χ1n) is 6.34. The molecular weight excluding hydrogens is 246 g/mol. The number of amides is 3. The summed E-state index contributed by atoms with van der Waals surface area (Å²) in [7, 11) is 0. The molecule has 19 heavy (non-hydrogen) atoms. The number of carbonyl (C=O) groups is 2. The Kier molecular flexibility index (Phi) is 4.66. The molecule has 0 atom stereocenters. The maximum Gasteiger partial charge on any atom is 0.320 e. The van der Waals surface area contributed by atoms with Gasteiger partial charge in [-0.3, -0.25) is 15.1 Å². The zero-order chi connectivity index (χ0) is 13.5. The van der Waals surface area contributed by atoms with Crippen molar-refractivity contribution in [3.8, 4) is 0 Å². The summed E-state index contributed by atoms with van der Waals surface area (Å²) in [5.41, 5.74) is 0. The van der Waals surface area contributed by atoms with Crippen molar-refractivity contribution in [1.29, 1.82) is 0 Å². The maximum absolute atomic E-state index is 11.5. The van der Waals surface area contributed by atoms with Crippen LogP contribution >= 0.6 is 0 Å². The minimum absolute atomic E-state index is 0.212. The van der Waals surface area contributed by atoms with Gasteiger partial charge in [0.15, 0.2) is 5.82 Å². The molecule has 1 aliphatic heterocycles. The molecule has 1 aromatic heterocycles. The first-order chi connectivity index (χ1) is 9.25. The standard InChI is InChI=1S/C12H17N5O2/c18-11-3-1-7-17(11)8-2-4-15-12(19)16-10-9-13-5-6-14-10/h5-6,9H,1-4,7-8H2,(H2,14,15,16,19). The molecule has 0 radical (unpaired) electrons. The van der Waals surface area contributed by atoms with E-state index in [0.717, 1.165) is 19.4 Å². The SMILES string of the molecule is O=C(NCCCN1CCCC1=O)Nc1cnccn1. The van der Waals surface area contributed by atoms with Crippen LogP contribution in [-0.4, -0.2) is 46.4 Å². The van der Waals surface area contributed by atoms with E-state index in [-0.39, 0.29) is 11.9 Å². The number of carbonyl (C=O) groups excluding carboxylic acids is 2. The van der Waals surface area contributed by atoms with Crippen LogP contribution in [0, 0.1) is 0 Å². The van der Waals surface area contributed by atoms with Crippen molar-refractivity contribution in [3.05, 3.63) is 18.6 Å². The Bertz CT molecular complexity index is 437. The van der Waals surface area contributed by atoms with Gasteiger partial charge in [-0.15, -0.1) is 0 Å². The number of nitrogens with one attached hydrogen (secondary N) is 2. The van der Waals surface area contributed by atoms with Gasteiger partial charge in [0.25, 0.3) is 0 Å². The number of nitrogens with zero attached hydrogens (tertiary/aromatic N) is 3. The summed E-state index contributed by atoms with van der Waals surface area (Å²) in [4.78, 5) is 32.5. The van der Waals surface area contributed by atoms with Crippen LogP contribution in [0.5, 0.6) is 0 Å². The highest BCUT2D eigenvalue weighted by atomic mass is 16.2. The van der Waals surface area contributed by atoms with Crippen molar-refractivity contribution in [2.75, 3.05) is 25.0 Å². The fourth-order valence-electron chi connectivity index (χ4n) is 1.94. The largest absolute Gasteiger partial charge is 0.343 e. The fourth-order valence-corrected chi connectivity index (χ4v) is 1.94. The van der Waals surface area contributed by atoms with Gasteiger partial charge in [-0.1, -0.05) is 0 Å². The van der Waals surface area contributed by atoms with Gasteiger partial charge in [0.05, 0.1) is 6.20 Å². The topological polar surface area (TPSA) is 87.2 Å². The molecule has 1 fully saturated rings. The summed E-state index contributed by atoms with van der Waals surface area (Å²) in [5, 5.41) is 5.29. The molecule has 2 heterocycles. The molecule has 0 bridgehead atoms. The number of likely N-dealkylation sites (tertiary alicyclic amines) is 1. The summed E-state index contributed by atoms with van der Waals surface area (Å²) in [5.74, 6) is 0.624. The molecule has 1 saturated heterocycles. The Morgan fingerprint density at radius 1 is 1.42 bits per heavy atom. The van der Waals surface area contributed by atoms with E-state index in [4.69, 9.17) is 0 Å². The van der Waals surface area contributed by atoms with Crippen LogP contribution in [0.15, 0.2) is 18.6 Å². The predicted molar refractivity (Wildman–Crippen MR) is 69.5 cm³/mol. The summed E-state index contributed by atoms with van der Waals surface area (Å²) in [6.45, 7) is 2.06. The minimum atomic E-state index is -0.312. The van der Waals surface area contributed by atoms with Crippen LogP contribution in [0.2, 0.25) is 0 Å². The van der Waals surface area contributed by atoms with Crippen LogP contribution in [-0.2, 0) is 4.79 Å². The minimum Gasteiger partial charge on any atom is -0.343 e. The molecule has 3 amide bonds. The lowest BCUT2D eigenvalue weighted by Crippen LogP contribution is -2.33. The van der Waals surface area contributed by atoms with Crippen LogP contribution in [0.25, 0.3) is 0 Å². The summed E-state index contributed by atoms with van der Waals surface area (Å²) in [6, 6.07) is -0.312. The molecule has 0 spiro atoms. The molecule has 7 heteroatoms. The zero-order valence-corrected chi connectivity index (χ0v) is 10.6. The zero-order valence-electron chi connectivity index (χ0n) is 10.6. The van der Waals surface area contributed by atoms with Crippen LogP contribution in [0.1, 0.15) is 19.3 Å². The quantitative estimate of drug-likeness (QED) is 0.762. The van der Waals surface area contributed by atoms with Gasteiger partial charge in [0, 0.05) is 38.4 Å². The third-order valence-electron chi connectivity index (χ3n) is 2.87. The second-order valence-electron chi connectivity index (χ2n) is 4.31. The van der Waals surface area contributed by atoms with Crippen molar-refractivity contribution in [2.45, 2.75) is 19.3 Å². The second kappa shape index (κ2) is 6.67. The molecule has 2 rings (SSSR count). The number of urea groups is 1. The molecule has 0 unspecified atom stereocenters. The number of rotatable bonds is 5. The molecule has 1 aliphatic rings. The van der Waals surface area contributed by atoms with E-state index in [0.29, 0.717) is 25.3 Å². The van der Waals surface area contributed by atoms with Gasteiger partial charge >= 0.3 is 6.03 Å². The molecule has 7 nitrogen and oxygen atoms in total. The van der Waals surface area contributed by atoms with Crippen molar-refractivity contribution in [3.63, 3.8) is 0 Å². The van der Waals surface area contributed by atoms with Gasteiger partial charge in [-0.2, -0.15) is 0 Å². The summed E-state index contributed by atoms with van der Waals surface area (Å²) >= 11 is 0. The van der Waals surface area contributed by atoms with E-state index in [1.807, 2.05) is 4.90 Å². The van der Waals surface area contributed by atoms with Crippen molar-refractivity contribution in [1.82, 2.24) is 20.2 Å². The van der Waals surface area contributed by atoms with E-state index in [1.165, 1.54) is 18.6 Å². The molecule has 0 aromatic carbocycles. The lowest BCUT2D eigenvalue weighted by Gasteiger charge is -2.15. The Morgan fingerprint density at radius 3 is 3.00 bits per heavy atom. The highest BCUT2D eigenvalue weighted by molar-refractivity contribution is 5.87. The Morgan fingerprint density at radius 2 is 2.32 bits per heavy atom. The van der Waals surface area contributed by atoms with Gasteiger partial charge < -0.3 is 10.2 Å². The van der Waals surface area contributed by atoms with Crippen LogP contribution in [0.3, 0.4) is 0 Å². The highest BCUT2D eigenvalue weighted by Crippen LogP contribution is 2.09. The molecule has 102 valence electrons. The fraction of sp³-hybridized carbons (Fsp3) is 0.500. The molecule has 0 aliphatic carbocycles. The van der Waals surface area contributed by atoms with E-state index in [2.05, 4.69) is 20.6 Å². The summed E-state index contributed by atoms with van der Waals surface area (Å²) < 4.78 is 0. The number of aromatic nitrogens is 2. The van der Waals surface area contributed by atoms with E-state index >= 15 is 0 Å². The average molecular weight is 263 g/mol. The Hall–Kier alpha value is -2.18. The van der Waals surface area contributed by atoms with E-state index in [1.54, 1.807) is 0 Å². The Labute approximate surface area is 111 Å². The highest BCUT2D eigenvalue weighted by Gasteiger charge is 2.18. The molecule has 2 N–H and O–H groups in total.